The monoisotopic (exact) mass is 166 g/mol. The third kappa shape index (κ3) is 2.03. The van der Waals surface area contributed by atoms with Crippen LogP contribution in [0.15, 0.2) is 11.1 Å². The second-order valence-electron chi connectivity index (χ2n) is 3.38. The number of carbonyl (C=O) groups is 2. The standard InChI is InChI=1S/C10H14O2/c1-7-3-6-10(12)9(7)5-4-8(2)11/h3-6H2,1-2H3. The van der Waals surface area contributed by atoms with Gasteiger partial charge in [0.15, 0.2) is 5.78 Å². The highest BCUT2D eigenvalue weighted by atomic mass is 16.1. The molecule has 0 atom stereocenters. The van der Waals surface area contributed by atoms with E-state index in [0.29, 0.717) is 19.3 Å². The molecule has 1 rings (SSSR count). The molecule has 12 heavy (non-hydrogen) atoms. The Labute approximate surface area is 72.7 Å². The lowest BCUT2D eigenvalue weighted by Crippen LogP contribution is -1.99. The molecule has 0 spiro atoms. The van der Waals surface area contributed by atoms with Gasteiger partial charge in [0, 0.05) is 12.8 Å². The molecule has 0 unspecified atom stereocenters. The summed E-state index contributed by atoms with van der Waals surface area (Å²) >= 11 is 0. The fourth-order valence-electron chi connectivity index (χ4n) is 1.49. The lowest BCUT2D eigenvalue weighted by molar-refractivity contribution is -0.117. The summed E-state index contributed by atoms with van der Waals surface area (Å²) in [6, 6.07) is 0. The van der Waals surface area contributed by atoms with Crippen LogP contribution in [-0.4, -0.2) is 11.6 Å². The predicted molar refractivity (Wildman–Crippen MR) is 46.9 cm³/mol. The van der Waals surface area contributed by atoms with Crippen LogP contribution >= 0.6 is 0 Å². The Balaban J connectivity index is 2.56. The quantitative estimate of drug-likeness (QED) is 0.643. The van der Waals surface area contributed by atoms with E-state index in [-0.39, 0.29) is 11.6 Å². The fourth-order valence-corrected chi connectivity index (χ4v) is 1.49. The van der Waals surface area contributed by atoms with Crippen LogP contribution < -0.4 is 0 Å². The van der Waals surface area contributed by atoms with Crippen LogP contribution in [0.1, 0.15) is 39.5 Å². The third-order valence-corrected chi connectivity index (χ3v) is 2.31. The van der Waals surface area contributed by atoms with Gasteiger partial charge in [-0.1, -0.05) is 5.57 Å². The molecule has 0 aliphatic heterocycles. The van der Waals surface area contributed by atoms with Crippen LogP contribution in [0.25, 0.3) is 0 Å². The van der Waals surface area contributed by atoms with Gasteiger partial charge in [-0.15, -0.1) is 0 Å². The molecule has 2 nitrogen and oxygen atoms in total. The van der Waals surface area contributed by atoms with Crippen LogP contribution in [0.2, 0.25) is 0 Å². The summed E-state index contributed by atoms with van der Waals surface area (Å²) in [4.78, 5) is 21.9. The Hall–Kier alpha value is -0.920. The minimum absolute atomic E-state index is 0.162. The Morgan fingerprint density at radius 2 is 2.08 bits per heavy atom. The summed E-state index contributed by atoms with van der Waals surface area (Å²) in [6.07, 6.45) is 2.71. The van der Waals surface area contributed by atoms with Gasteiger partial charge in [-0.3, -0.25) is 4.79 Å². The van der Waals surface area contributed by atoms with E-state index in [1.807, 2.05) is 6.92 Å². The lowest BCUT2D eigenvalue weighted by Gasteiger charge is -1.99. The highest BCUT2D eigenvalue weighted by Gasteiger charge is 2.19. The first-order chi connectivity index (χ1) is 5.61. The zero-order valence-corrected chi connectivity index (χ0v) is 7.64. The first-order valence-electron chi connectivity index (χ1n) is 4.32. The minimum Gasteiger partial charge on any atom is -0.300 e. The normalized spacial score (nSPS) is 17.3. The van der Waals surface area contributed by atoms with Gasteiger partial charge in [0.1, 0.15) is 5.78 Å². The SMILES string of the molecule is CC(=O)CCC1=C(C)CCC1=O. The molecule has 0 amide bonds. The number of Topliss-reactive ketones (excluding diaryl/α,β-unsaturated/α-hetero) is 2. The molecule has 66 valence electrons. The Morgan fingerprint density at radius 3 is 2.50 bits per heavy atom. The average Bonchev–Trinajstić information content (AvgIpc) is 2.28. The predicted octanol–water partition coefficient (Wildman–Crippen LogP) is 2.04. The fraction of sp³-hybridized carbons (Fsp3) is 0.600. The summed E-state index contributed by atoms with van der Waals surface area (Å²) in [5.74, 6) is 0.406. The Kier molecular flexibility index (Phi) is 2.79. The van der Waals surface area contributed by atoms with Gasteiger partial charge >= 0.3 is 0 Å². The van der Waals surface area contributed by atoms with Crippen molar-refractivity contribution in [3.8, 4) is 0 Å². The molecule has 0 saturated heterocycles. The molecule has 0 aromatic carbocycles. The van der Waals surface area contributed by atoms with Crippen LogP contribution in [0.3, 0.4) is 0 Å². The maximum Gasteiger partial charge on any atom is 0.159 e. The molecule has 0 aromatic heterocycles. The average molecular weight is 166 g/mol. The van der Waals surface area contributed by atoms with E-state index in [9.17, 15) is 9.59 Å². The van der Waals surface area contributed by atoms with Crippen molar-refractivity contribution in [1.82, 2.24) is 0 Å². The molecule has 0 fully saturated rings. The Bertz CT molecular complexity index is 249. The van der Waals surface area contributed by atoms with E-state index < -0.39 is 0 Å². The van der Waals surface area contributed by atoms with Crippen molar-refractivity contribution in [3.05, 3.63) is 11.1 Å². The van der Waals surface area contributed by atoms with E-state index >= 15 is 0 Å². The number of allylic oxidation sites excluding steroid dienone is 2. The molecule has 0 aromatic rings. The number of hydrogen-bond acceptors (Lipinski definition) is 2. The molecular weight excluding hydrogens is 152 g/mol. The summed E-state index contributed by atoms with van der Waals surface area (Å²) in [5.41, 5.74) is 2.09. The van der Waals surface area contributed by atoms with Gasteiger partial charge in [-0.05, 0) is 32.3 Å². The topological polar surface area (TPSA) is 34.1 Å². The lowest BCUT2D eigenvalue weighted by atomic mass is 10.0. The number of hydrogen-bond donors (Lipinski definition) is 0. The smallest absolute Gasteiger partial charge is 0.159 e. The molecule has 0 radical (unpaired) electrons. The zero-order chi connectivity index (χ0) is 9.14. The largest absolute Gasteiger partial charge is 0.300 e. The molecule has 0 N–H and O–H groups in total. The van der Waals surface area contributed by atoms with E-state index in [1.165, 1.54) is 5.57 Å². The highest BCUT2D eigenvalue weighted by Crippen LogP contribution is 2.25. The van der Waals surface area contributed by atoms with E-state index in [0.717, 1.165) is 12.0 Å². The number of carbonyl (C=O) groups excluding carboxylic acids is 2. The van der Waals surface area contributed by atoms with Crippen LogP contribution in [0, 0.1) is 0 Å². The molecule has 2 heteroatoms. The van der Waals surface area contributed by atoms with Crippen molar-refractivity contribution in [3.63, 3.8) is 0 Å². The molecule has 0 saturated carbocycles. The van der Waals surface area contributed by atoms with Gasteiger partial charge in [-0.25, -0.2) is 0 Å². The highest BCUT2D eigenvalue weighted by molar-refractivity contribution is 5.99. The van der Waals surface area contributed by atoms with Crippen molar-refractivity contribution >= 4 is 11.6 Å². The van der Waals surface area contributed by atoms with Crippen molar-refractivity contribution in [2.75, 3.05) is 0 Å². The van der Waals surface area contributed by atoms with Gasteiger partial charge < -0.3 is 4.79 Å². The first kappa shape index (κ1) is 9.17. The first-order valence-corrected chi connectivity index (χ1v) is 4.32. The van der Waals surface area contributed by atoms with Crippen molar-refractivity contribution < 1.29 is 9.59 Å². The van der Waals surface area contributed by atoms with Crippen molar-refractivity contribution in [1.29, 1.82) is 0 Å². The molecule has 1 aliphatic rings. The van der Waals surface area contributed by atoms with Crippen LogP contribution in [0.5, 0.6) is 0 Å². The maximum atomic E-state index is 11.2. The van der Waals surface area contributed by atoms with Gasteiger partial charge in [0.2, 0.25) is 0 Å². The summed E-state index contributed by atoms with van der Waals surface area (Å²) in [5, 5.41) is 0. The third-order valence-electron chi connectivity index (χ3n) is 2.31. The Morgan fingerprint density at radius 1 is 1.42 bits per heavy atom. The summed E-state index contributed by atoms with van der Waals surface area (Å²) in [7, 11) is 0. The summed E-state index contributed by atoms with van der Waals surface area (Å²) in [6.45, 7) is 3.55. The molecule has 1 aliphatic carbocycles. The second-order valence-corrected chi connectivity index (χ2v) is 3.38. The zero-order valence-electron chi connectivity index (χ0n) is 7.64. The minimum atomic E-state index is 0.162. The van der Waals surface area contributed by atoms with E-state index in [2.05, 4.69) is 0 Å². The maximum absolute atomic E-state index is 11.2. The van der Waals surface area contributed by atoms with Gasteiger partial charge in [0.05, 0.1) is 0 Å². The van der Waals surface area contributed by atoms with E-state index in [4.69, 9.17) is 0 Å². The molecular formula is C10H14O2. The number of rotatable bonds is 3. The van der Waals surface area contributed by atoms with Gasteiger partial charge in [-0.2, -0.15) is 0 Å². The van der Waals surface area contributed by atoms with Gasteiger partial charge in [0.25, 0.3) is 0 Å². The molecule has 0 heterocycles. The summed E-state index contributed by atoms with van der Waals surface area (Å²) < 4.78 is 0. The molecule has 0 bridgehead atoms. The van der Waals surface area contributed by atoms with Crippen molar-refractivity contribution in [2.24, 2.45) is 0 Å². The van der Waals surface area contributed by atoms with Crippen LogP contribution in [-0.2, 0) is 9.59 Å². The number of ketones is 2. The second kappa shape index (κ2) is 3.65. The van der Waals surface area contributed by atoms with E-state index in [1.54, 1.807) is 6.92 Å². The van der Waals surface area contributed by atoms with Crippen LogP contribution in [0.4, 0.5) is 0 Å². The van der Waals surface area contributed by atoms with Crippen molar-refractivity contribution in [2.45, 2.75) is 39.5 Å².